The molecule has 0 spiro atoms. The average Bonchev–Trinajstić information content (AvgIpc) is 2.61. The van der Waals surface area contributed by atoms with E-state index in [1.54, 1.807) is 0 Å². The molecule has 3 saturated carbocycles. The number of nitrogens with one attached hydrogen (secondary N) is 1. The third kappa shape index (κ3) is 1.57. The Balaban J connectivity index is 1.39. The molecule has 0 heterocycles. The quantitative estimate of drug-likeness (QED) is 0.674. The van der Waals surface area contributed by atoms with E-state index in [2.05, 4.69) is 5.32 Å². The maximum absolute atomic E-state index is 10.3. The van der Waals surface area contributed by atoms with E-state index in [-0.39, 0.29) is 0 Å². The van der Waals surface area contributed by atoms with E-state index in [0.717, 1.165) is 42.7 Å². The van der Waals surface area contributed by atoms with Gasteiger partial charge in [-0.1, -0.05) is 0 Å². The highest BCUT2D eigenvalue weighted by Gasteiger charge is 2.64. The average molecular weight is 209 g/mol. The van der Waals surface area contributed by atoms with Gasteiger partial charge in [0.25, 0.3) is 0 Å². The van der Waals surface area contributed by atoms with Gasteiger partial charge in [-0.3, -0.25) is 4.79 Å². The normalized spacial score (nSPS) is 45.5. The van der Waals surface area contributed by atoms with E-state index in [1.165, 1.54) is 19.3 Å². The molecule has 15 heavy (non-hydrogen) atoms. The molecule has 3 nitrogen and oxygen atoms in total. The summed E-state index contributed by atoms with van der Waals surface area (Å²) in [6.45, 7) is 0.892. The summed E-state index contributed by atoms with van der Waals surface area (Å²) in [7, 11) is 0. The molecule has 4 atom stereocenters. The fourth-order valence-electron chi connectivity index (χ4n) is 4.11. The molecule has 0 aromatic heterocycles. The number of hydrogen-bond acceptors (Lipinski definition) is 2. The van der Waals surface area contributed by atoms with Crippen molar-refractivity contribution in [2.24, 2.45) is 23.7 Å². The monoisotopic (exact) mass is 209 g/mol. The molecule has 3 fully saturated rings. The topological polar surface area (TPSA) is 49.3 Å². The van der Waals surface area contributed by atoms with E-state index in [1.807, 2.05) is 0 Å². The van der Waals surface area contributed by atoms with Crippen LogP contribution in [0.15, 0.2) is 0 Å². The van der Waals surface area contributed by atoms with Crippen LogP contribution >= 0.6 is 0 Å². The summed E-state index contributed by atoms with van der Waals surface area (Å²) in [4.78, 5) is 10.3. The highest BCUT2D eigenvalue weighted by Crippen LogP contribution is 2.65. The number of rotatable bonds is 5. The van der Waals surface area contributed by atoms with Crippen molar-refractivity contribution in [2.45, 2.75) is 38.1 Å². The minimum Gasteiger partial charge on any atom is -0.481 e. The van der Waals surface area contributed by atoms with Gasteiger partial charge in [-0.15, -0.1) is 0 Å². The second-order valence-corrected chi connectivity index (χ2v) is 5.47. The molecule has 4 unspecified atom stereocenters. The lowest BCUT2D eigenvalue weighted by Gasteiger charge is -2.09. The van der Waals surface area contributed by atoms with Crippen LogP contribution in [-0.4, -0.2) is 23.7 Å². The Morgan fingerprint density at radius 3 is 2.53 bits per heavy atom. The Kier molecular flexibility index (Phi) is 2.23. The lowest BCUT2D eigenvalue weighted by molar-refractivity contribution is -0.137. The molecule has 3 aliphatic carbocycles. The van der Waals surface area contributed by atoms with Gasteiger partial charge in [0.1, 0.15) is 0 Å². The number of carbonyl (C=O) groups is 1. The molecule has 0 saturated heterocycles. The van der Waals surface area contributed by atoms with Gasteiger partial charge in [0.2, 0.25) is 0 Å². The molecule has 2 N–H and O–H groups in total. The third-order valence-corrected chi connectivity index (χ3v) is 4.68. The maximum Gasteiger partial charge on any atom is 0.303 e. The SMILES string of the molecule is O=C(O)CCCNC1C2C3CCC(C3)C12. The van der Waals surface area contributed by atoms with Crippen molar-refractivity contribution in [3.63, 3.8) is 0 Å². The van der Waals surface area contributed by atoms with Crippen LogP contribution in [0.4, 0.5) is 0 Å². The first-order valence-corrected chi connectivity index (χ1v) is 6.22. The van der Waals surface area contributed by atoms with Crippen LogP contribution in [0, 0.1) is 23.7 Å². The maximum atomic E-state index is 10.3. The van der Waals surface area contributed by atoms with Crippen molar-refractivity contribution in [1.82, 2.24) is 5.32 Å². The summed E-state index contributed by atoms with van der Waals surface area (Å²) in [5, 5.41) is 12.1. The summed E-state index contributed by atoms with van der Waals surface area (Å²) in [6.07, 6.45) is 5.49. The first-order chi connectivity index (χ1) is 7.27. The molecule has 3 rings (SSSR count). The van der Waals surface area contributed by atoms with E-state index in [4.69, 9.17) is 5.11 Å². The predicted octanol–water partition coefficient (Wildman–Crippen LogP) is 1.49. The number of hydrogen-bond donors (Lipinski definition) is 2. The van der Waals surface area contributed by atoms with Gasteiger partial charge in [-0.2, -0.15) is 0 Å². The van der Waals surface area contributed by atoms with Crippen molar-refractivity contribution in [3.8, 4) is 0 Å². The summed E-state index contributed by atoms with van der Waals surface area (Å²) in [6, 6.07) is 0.755. The van der Waals surface area contributed by atoms with E-state index in [0.29, 0.717) is 6.42 Å². The van der Waals surface area contributed by atoms with Crippen LogP contribution in [0.3, 0.4) is 0 Å². The van der Waals surface area contributed by atoms with Crippen LogP contribution in [0.2, 0.25) is 0 Å². The van der Waals surface area contributed by atoms with Crippen molar-refractivity contribution in [1.29, 1.82) is 0 Å². The highest BCUT2D eigenvalue weighted by atomic mass is 16.4. The third-order valence-electron chi connectivity index (χ3n) is 4.68. The second-order valence-electron chi connectivity index (χ2n) is 5.47. The smallest absolute Gasteiger partial charge is 0.303 e. The molecule has 3 aliphatic rings. The van der Waals surface area contributed by atoms with Crippen LogP contribution in [0.5, 0.6) is 0 Å². The Hall–Kier alpha value is -0.570. The molecular weight excluding hydrogens is 190 g/mol. The minimum atomic E-state index is -0.673. The van der Waals surface area contributed by atoms with Gasteiger partial charge >= 0.3 is 5.97 Å². The van der Waals surface area contributed by atoms with E-state index < -0.39 is 5.97 Å². The van der Waals surface area contributed by atoms with Gasteiger partial charge in [0.15, 0.2) is 0 Å². The Bertz CT molecular complexity index is 263. The number of carboxylic acid groups (broad SMARTS) is 1. The van der Waals surface area contributed by atoms with Gasteiger partial charge < -0.3 is 10.4 Å². The second kappa shape index (κ2) is 3.48. The van der Waals surface area contributed by atoms with Crippen molar-refractivity contribution in [3.05, 3.63) is 0 Å². The minimum absolute atomic E-state index is 0.307. The molecule has 0 aromatic carbocycles. The molecule has 0 aliphatic heterocycles. The molecule has 0 radical (unpaired) electrons. The Morgan fingerprint density at radius 2 is 1.93 bits per heavy atom. The van der Waals surface area contributed by atoms with Crippen LogP contribution in [0.1, 0.15) is 32.1 Å². The highest BCUT2D eigenvalue weighted by molar-refractivity contribution is 5.66. The fraction of sp³-hybridized carbons (Fsp3) is 0.917. The molecular formula is C12H19NO2. The van der Waals surface area contributed by atoms with Crippen LogP contribution in [0.25, 0.3) is 0 Å². The zero-order valence-electron chi connectivity index (χ0n) is 8.98. The Morgan fingerprint density at radius 1 is 1.27 bits per heavy atom. The van der Waals surface area contributed by atoms with Crippen LogP contribution in [-0.2, 0) is 4.79 Å². The molecule has 2 bridgehead atoms. The standard InChI is InChI=1S/C12H19NO2/c14-9(15)2-1-5-13-12-10-7-3-4-8(6-7)11(10)12/h7-8,10-13H,1-6H2,(H,14,15). The lowest BCUT2D eigenvalue weighted by Crippen LogP contribution is -2.24. The largest absolute Gasteiger partial charge is 0.481 e. The fourth-order valence-corrected chi connectivity index (χ4v) is 4.11. The van der Waals surface area contributed by atoms with Crippen molar-refractivity contribution >= 4 is 5.97 Å². The van der Waals surface area contributed by atoms with Gasteiger partial charge in [-0.25, -0.2) is 0 Å². The molecule has 84 valence electrons. The predicted molar refractivity (Wildman–Crippen MR) is 56.5 cm³/mol. The van der Waals surface area contributed by atoms with Crippen molar-refractivity contribution in [2.75, 3.05) is 6.54 Å². The number of aliphatic carboxylic acids is 1. The van der Waals surface area contributed by atoms with Gasteiger partial charge in [0, 0.05) is 12.5 Å². The zero-order chi connectivity index (χ0) is 10.4. The molecule has 3 heteroatoms. The first kappa shape index (κ1) is 9.64. The lowest BCUT2D eigenvalue weighted by atomic mass is 10.0. The number of carboxylic acids is 1. The molecule has 0 amide bonds. The Labute approximate surface area is 90.2 Å². The molecule has 0 aromatic rings. The van der Waals surface area contributed by atoms with E-state index >= 15 is 0 Å². The summed E-state index contributed by atoms with van der Waals surface area (Å²) in [5.41, 5.74) is 0. The van der Waals surface area contributed by atoms with Crippen LogP contribution < -0.4 is 5.32 Å². The first-order valence-electron chi connectivity index (χ1n) is 6.22. The van der Waals surface area contributed by atoms with E-state index in [9.17, 15) is 4.79 Å². The zero-order valence-corrected chi connectivity index (χ0v) is 8.98. The van der Waals surface area contributed by atoms with Gasteiger partial charge in [-0.05, 0) is 55.9 Å². The number of fused-ring (bicyclic) bond motifs is 5. The van der Waals surface area contributed by atoms with Crippen molar-refractivity contribution < 1.29 is 9.90 Å². The van der Waals surface area contributed by atoms with Gasteiger partial charge in [0.05, 0.1) is 0 Å². The summed E-state index contributed by atoms with van der Waals surface area (Å²) in [5.74, 6) is 3.28. The summed E-state index contributed by atoms with van der Waals surface area (Å²) >= 11 is 0. The summed E-state index contributed by atoms with van der Waals surface area (Å²) < 4.78 is 0.